The molecule has 0 saturated carbocycles. The van der Waals surface area contributed by atoms with E-state index in [0.717, 1.165) is 22.6 Å². The van der Waals surface area contributed by atoms with Gasteiger partial charge in [-0.05, 0) is 36.4 Å². The molecular formula is C15H15N3O2. The second-order valence-corrected chi connectivity index (χ2v) is 4.73. The Kier molecular flexibility index (Phi) is 2.75. The number of rotatable bonds is 2. The van der Waals surface area contributed by atoms with Crippen LogP contribution in [0.15, 0.2) is 51.7 Å². The third-order valence-corrected chi connectivity index (χ3v) is 3.44. The maximum absolute atomic E-state index is 11.5. The molecule has 0 saturated heterocycles. The van der Waals surface area contributed by atoms with Gasteiger partial charge in [-0.1, -0.05) is 0 Å². The van der Waals surface area contributed by atoms with E-state index in [9.17, 15) is 4.79 Å². The number of oxazole rings is 1. The van der Waals surface area contributed by atoms with Gasteiger partial charge in [-0.25, -0.2) is 4.79 Å². The zero-order chi connectivity index (χ0) is 14.3. The molecular weight excluding hydrogens is 254 g/mol. The van der Waals surface area contributed by atoms with Crippen LogP contribution in [0.4, 0.5) is 17.1 Å². The molecule has 20 heavy (non-hydrogen) atoms. The van der Waals surface area contributed by atoms with Crippen LogP contribution in [0.1, 0.15) is 0 Å². The zero-order valence-electron chi connectivity index (χ0n) is 11.3. The quantitative estimate of drug-likeness (QED) is 0.726. The number of fused-ring (bicyclic) bond motifs is 1. The van der Waals surface area contributed by atoms with Crippen molar-refractivity contribution in [2.24, 2.45) is 7.05 Å². The lowest BCUT2D eigenvalue weighted by Gasteiger charge is -2.19. The molecule has 0 atom stereocenters. The van der Waals surface area contributed by atoms with Crippen LogP contribution in [0.2, 0.25) is 0 Å². The Morgan fingerprint density at radius 3 is 2.45 bits per heavy atom. The Bertz CT molecular complexity index is 815. The highest BCUT2D eigenvalue weighted by Gasteiger charge is 2.09. The van der Waals surface area contributed by atoms with Crippen molar-refractivity contribution in [2.45, 2.75) is 0 Å². The first-order valence-corrected chi connectivity index (χ1v) is 6.25. The van der Waals surface area contributed by atoms with Gasteiger partial charge in [0.1, 0.15) is 0 Å². The van der Waals surface area contributed by atoms with Gasteiger partial charge in [-0.2, -0.15) is 0 Å². The van der Waals surface area contributed by atoms with Gasteiger partial charge < -0.3 is 15.1 Å². The third kappa shape index (κ3) is 1.93. The first-order chi connectivity index (χ1) is 9.56. The van der Waals surface area contributed by atoms with Crippen LogP contribution in [-0.2, 0) is 7.05 Å². The lowest BCUT2D eigenvalue weighted by molar-refractivity contribution is 0.528. The Hall–Kier alpha value is -2.69. The number of anilines is 3. The van der Waals surface area contributed by atoms with Gasteiger partial charge in [0.25, 0.3) is 0 Å². The molecule has 0 amide bonds. The summed E-state index contributed by atoms with van der Waals surface area (Å²) in [7, 11) is 3.64. The number of aromatic nitrogens is 1. The molecule has 1 heterocycles. The minimum absolute atomic E-state index is 0.354. The van der Waals surface area contributed by atoms with E-state index in [1.807, 2.05) is 54.4 Å². The molecule has 2 aromatic carbocycles. The normalized spacial score (nSPS) is 10.9. The molecule has 5 nitrogen and oxygen atoms in total. The Morgan fingerprint density at radius 2 is 1.75 bits per heavy atom. The standard InChI is InChI=1S/C15H15N3O2/c1-17(11-5-3-10(16)4-6-11)12-7-8-13-14(9-12)20-15(19)18(13)2/h3-9H,16H2,1-2H3. The molecule has 3 aromatic rings. The topological polar surface area (TPSA) is 64.4 Å². The van der Waals surface area contributed by atoms with E-state index in [-0.39, 0.29) is 5.76 Å². The molecule has 102 valence electrons. The number of benzene rings is 2. The summed E-state index contributed by atoms with van der Waals surface area (Å²) in [6.45, 7) is 0. The molecule has 0 aliphatic carbocycles. The zero-order valence-corrected chi connectivity index (χ0v) is 11.3. The first kappa shape index (κ1) is 12.3. The van der Waals surface area contributed by atoms with Crippen LogP contribution in [0, 0.1) is 0 Å². The highest BCUT2D eigenvalue weighted by molar-refractivity contribution is 5.79. The van der Waals surface area contributed by atoms with E-state index < -0.39 is 0 Å². The molecule has 5 heteroatoms. The van der Waals surface area contributed by atoms with Crippen molar-refractivity contribution in [3.05, 3.63) is 53.0 Å². The van der Waals surface area contributed by atoms with Crippen molar-refractivity contribution in [1.82, 2.24) is 4.57 Å². The molecule has 0 unspecified atom stereocenters. The second-order valence-electron chi connectivity index (χ2n) is 4.73. The summed E-state index contributed by atoms with van der Waals surface area (Å²) in [4.78, 5) is 13.5. The fourth-order valence-corrected chi connectivity index (χ4v) is 2.18. The second kappa shape index (κ2) is 4.45. The van der Waals surface area contributed by atoms with E-state index >= 15 is 0 Å². The predicted molar refractivity (Wildman–Crippen MR) is 80.4 cm³/mol. The summed E-state index contributed by atoms with van der Waals surface area (Å²) < 4.78 is 6.69. The summed E-state index contributed by atoms with van der Waals surface area (Å²) >= 11 is 0. The predicted octanol–water partition coefficient (Wildman–Crippen LogP) is 2.48. The lowest BCUT2D eigenvalue weighted by atomic mass is 10.2. The molecule has 2 N–H and O–H groups in total. The summed E-state index contributed by atoms with van der Waals surface area (Å²) in [6, 6.07) is 13.3. The number of nitrogens with zero attached hydrogens (tertiary/aromatic N) is 2. The van der Waals surface area contributed by atoms with E-state index in [1.54, 1.807) is 7.05 Å². The van der Waals surface area contributed by atoms with Gasteiger partial charge in [0.05, 0.1) is 5.52 Å². The van der Waals surface area contributed by atoms with Crippen LogP contribution in [0.5, 0.6) is 0 Å². The van der Waals surface area contributed by atoms with E-state index in [2.05, 4.69) is 0 Å². The van der Waals surface area contributed by atoms with Crippen molar-refractivity contribution in [1.29, 1.82) is 0 Å². The summed E-state index contributed by atoms with van der Waals surface area (Å²) in [5.74, 6) is -0.354. The van der Waals surface area contributed by atoms with Crippen LogP contribution in [0.25, 0.3) is 11.1 Å². The molecule has 0 bridgehead atoms. The van der Waals surface area contributed by atoms with Gasteiger partial charge in [0.2, 0.25) is 0 Å². The van der Waals surface area contributed by atoms with Crippen molar-refractivity contribution in [3.63, 3.8) is 0 Å². The fraction of sp³-hybridized carbons (Fsp3) is 0.133. The smallest absolute Gasteiger partial charge is 0.408 e. The molecule has 0 radical (unpaired) electrons. The van der Waals surface area contributed by atoms with E-state index in [0.29, 0.717) is 5.58 Å². The van der Waals surface area contributed by atoms with Crippen LogP contribution in [-0.4, -0.2) is 11.6 Å². The van der Waals surface area contributed by atoms with Crippen LogP contribution < -0.4 is 16.4 Å². The maximum atomic E-state index is 11.5. The minimum Gasteiger partial charge on any atom is -0.408 e. The SMILES string of the molecule is CN(c1ccc(N)cc1)c1ccc2c(c1)oc(=O)n2C. The average Bonchev–Trinajstić information content (AvgIpc) is 2.74. The number of hydrogen-bond acceptors (Lipinski definition) is 4. The Morgan fingerprint density at radius 1 is 1.10 bits per heavy atom. The molecule has 0 spiro atoms. The van der Waals surface area contributed by atoms with Gasteiger partial charge in [0.15, 0.2) is 5.58 Å². The summed E-state index contributed by atoms with van der Waals surface area (Å²) in [6.07, 6.45) is 0. The Labute approximate surface area is 115 Å². The van der Waals surface area contributed by atoms with Crippen molar-refractivity contribution in [3.8, 4) is 0 Å². The number of aryl methyl sites for hydroxylation is 1. The first-order valence-electron chi connectivity index (χ1n) is 6.25. The lowest BCUT2D eigenvalue weighted by Crippen LogP contribution is -2.09. The highest BCUT2D eigenvalue weighted by atomic mass is 16.4. The average molecular weight is 269 g/mol. The van der Waals surface area contributed by atoms with Gasteiger partial charge in [-0.15, -0.1) is 0 Å². The fourth-order valence-electron chi connectivity index (χ4n) is 2.18. The number of nitrogens with two attached hydrogens (primary N) is 1. The molecule has 0 fully saturated rings. The summed E-state index contributed by atoms with van der Waals surface area (Å²) in [5, 5.41) is 0. The molecule has 0 aliphatic rings. The maximum Gasteiger partial charge on any atom is 0.419 e. The molecule has 3 rings (SSSR count). The highest BCUT2D eigenvalue weighted by Crippen LogP contribution is 2.27. The van der Waals surface area contributed by atoms with Crippen LogP contribution in [0.3, 0.4) is 0 Å². The molecule has 0 aliphatic heterocycles. The largest absolute Gasteiger partial charge is 0.419 e. The number of nitrogen functional groups attached to an aromatic ring is 1. The van der Waals surface area contributed by atoms with Crippen molar-refractivity contribution < 1.29 is 4.42 Å². The van der Waals surface area contributed by atoms with E-state index in [1.165, 1.54) is 4.57 Å². The monoisotopic (exact) mass is 269 g/mol. The van der Waals surface area contributed by atoms with Gasteiger partial charge in [0, 0.05) is 37.2 Å². The molecule has 1 aromatic heterocycles. The summed E-state index contributed by atoms with van der Waals surface area (Å²) in [5.41, 5.74) is 9.73. The Balaban J connectivity index is 2.05. The van der Waals surface area contributed by atoms with Crippen molar-refractivity contribution in [2.75, 3.05) is 17.7 Å². The number of hydrogen-bond donors (Lipinski definition) is 1. The van der Waals surface area contributed by atoms with Gasteiger partial charge >= 0.3 is 5.76 Å². The van der Waals surface area contributed by atoms with Crippen LogP contribution >= 0.6 is 0 Å². The van der Waals surface area contributed by atoms with Gasteiger partial charge in [-0.3, -0.25) is 4.57 Å². The van der Waals surface area contributed by atoms with E-state index in [4.69, 9.17) is 10.2 Å². The third-order valence-electron chi connectivity index (χ3n) is 3.44. The minimum atomic E-state index is -0.354. The van der Waals surface area contributed by atoms with Crippen molar-refractivity contribution >= 4 is 28.2 Å².